The Morgan fingerprint density at radius 2 is 2.03 bits per heavy atom. The minimum absolute atomic E-state index is 0.214. The van der Waals surface area contributed by atoms with E-state index in [2.05, 4.69) is 21.2 Å². The van der Waals surface area contributed by atoms with Gasteiger partial charge in [-0.25, -0.2) is 9.18 Å². The van der Waals surface area contributed by atoms with E-state index >= 15 is 0 Å². The second-order valence-electron chi connectivity index (χ2n) is 7.84. The number of carbonyl (C=O) groups excluding carboxylic acids is 3. The summed E-state index contributed by atoms with van der Waals surface area (Å²) in [7, 11) is 1.25. The zero-order chi connectivity index (χ0) is 22.9. The molecule has 0 bridgehead atoms. The van der Waals surface area contributed by atoms with E-state index in [0.717, 1.165) is 0 Å². The molecule has 0 saturated carbocycles. The molecule has 6 nitrogen and oxygen atoms in total. The SMILES string of the molecule is CCCOC(=O)C1=C(C)NC2=C(C(=O)[C@H](C(=O)OC)[C@H](C)C2)[C@@H]1c1ccc(F)c(Br)c1. The van der Waals surface area contributed by atoms with Crippen LogP contribution in [0.25, 0.3) is 0 Å². The van der Waals surface area contributed by atoms with Gasteiger partial charge in [-0.3, -0.25) is 9.59 Å². The Balaban J connectivity index is 2.18. The minimum Gasteiger partial charge on any atom is -0.468 e. The van der Waals surface area contributed by atoms with Crippen LogP contribution in [0.2, 0.25) is 0 Å². The second-order valence-corrected chi connectivity index (χ2v) is 8.70. The summed E-state index contributed by atoms with van der Waals surface area (Å²) in [6.45, 7) is 5.69. The number of dihydropyridines is 1. The van der Waals surface area contributed by atoms with E-state index in [1.165, 1.54) is 13.2 Å². The van der Waals surface area contributed by atoms with E-state index in [1.807, 2.05) is 13.8 Å². The third-order valence-electron chi connectivity index (χ3n) is 5.68. The quantitative estimate of drug-likeness (QED) is 0.489. The first-order valence-corrected chi connectivity index (χ1v) is 10.9. The number of benzene rings is 1. The van der Waals surface area contributed by atoms with Gasteiger partial charge in [0.1, 0.15) is 11.7 Å². The fourth-order valence-corrected chi connectivity index (χ4v) is 4.65. The van der Waals surface area contributed by atoms with Crippen LogP contribution in [0.5, 0.6) is 0 Å². The molecule has 1 aliphatic heterocycles. The van der Waals surface area contributed by atoms with Gasteiger partial charge in [0, 0.05) is 22.9 Å². The summed E-state index contributed by atoms with van der Waals surface area (Å²) in [4.78, 5) is 38.9. The second kappa shape index (κ2) is 9.34. The molecule has 0 amide bonds. The number of ketones is 1. The van der Waals surface area contributed by atoms with E-state index in [4.69, 9.17) is 9.47 Å². The van der Waals surface area contributed by atoms with E-state index < -0.39 is 35.4 Å². The number of hydrogen-bond acceptors (Lipinski definition) is 6. The highest BCUT2D eigenvalue weighted by molar-refractivity contribution is 9.10. The Bertz CT molecular complexity index is 1000. The average molecular weight is 494 g/mol. The molecule has 31 heavy (non-hydrogen) atoms. The molecule has 1 heterocycles. The van der Waals surface area contributed by atoms with E-state index in [9.17, 15) is 18.8 Å². The van der Waals surface area contributed by atoms with Crippen molar-refractivity contribution in [3.05, 3.63) is 56.6 Å². The lowest BCUT2D eigenvalue weighted by Crippen LogP contribution is -2.43. The number of methoxy groups -OCH3 is 1. The molecule has 2 aliphatic rings. The lowest BCUT2D eigenvalue weighted by atomic mass is 9.69. The molecule has 1 aromatic rings. The van der Waals surface area contributed by atoms with Gasteiger partial charge in [-0.05, 0) is 59.3 Å². The number of carbonyl (C=O) groups is 3. The van der Waals surface area contributed by atoms with Gasteiger partial charge in [0.2, 0.25) is 0 Å². The zero-order valence-electron chi connectivity index (χ0n) is 17.9. The van der Waals surface area contributed by atoms with Gasteiger partial charge in [-0.1, -0.05) is 19.9 Å². The summed E-state index contributed by atoms with van der Waals surface area (Å²) >= 11 is 3.19. The molecule has 0 radical (unpaired) electrons. The first-order chi connectivity index (χ1) is 14.7. The van der Waals surface area contributed by atoms with Crippen LogP contribution < -0.4 is 5.32 Å². The summed E-state index contributed by atoms with van der Waals surface area (Å²) in [6, 6.07) is 4.37. The molecular weight excluding hydrogens is 469 g/mol. The molecule has 166 valence electrons. The number of hydrogen-bond donors (Lipinski definition) is 1. The van der Waals surface area contributed by atoms with Crippen molar-refractivity contribution >= 4 is 33.7 Å². The van der Waals surface area contributed by atoms with Crippen LogP contribution in [0, 0.1) is 17.7 Å². The number of allylic oxidation sites excluding steroid dienone is 3. The van der Waals surface area contributed by atoms with E-state index in [0.29, 0.717) is 35.4 Å². The van der Waals surface area contributed by atoms with Crippen LogP contribution in [-0.4, -0.2) is 31.4 Å². The Hall–Kier alpha value is -2.48. The number of ether oxygens (including phenoxy) is 2. The van der Waals surface area contributed by atoms with Crippen molar-refractivity contribution in [1.82, 2.24) is 5.32 Å². The highest BCUT2D eigenvalue weighted by Gasteiger charge is 2.47. The van der Waals surface area contributed by atoms with Gasteiger partial charge in [0.15, 0.2) is 5.78 Å². The van der Waals surface area contributed by atoms with Gasteiger partial charge >= 0.3 is 11.9 Å². The number of rotatable bonds is 5. The Morgan fingerprint density at radius 3 is 2.65 bits per heavy atom. The van der Waals surface area contributed by atoms with Gasteiger partial charge in [0.05, 0.1) is 23.8 Å². The number of halogens is 2. The van der Waals surface area contributed by atoms with Crippen molar-refractivity contribution < 1.29 is 28.2 Å². The van der Waals surface area contributed by atoms with Gasteiger partial charge in [-0.15, -0.1) is 0 Å². The Kier molecular flexibility index (Phi) is 6.99. The highest BCUT2D eigenvalue weighted by Crippen LogP contribution is 2.46. The Labute approximate surface area is 189 Å². The Morgan fingerprint density at radius 1 is 1.32 bits per heavy atom. The van der Waals surface area contributed by atoms with Gasteiger partial charge < -0.3 is 14.8 Å². The maximum Gasteiger partial charge on any atom is 0.336 e. The molecular formula is C23H25BrFNO5. The minimum atomic E-state index is -0.969. The first-order valence-electron chi connectivity index (χ1n) is 10.2. The summed E-state index contributed by atoms with van der Waals surface area (Å²) in [5.74, 6) is -4.04. The lowest BCUT2D eigenvalue weighted by Gasteiger charge is -2.38. The fourth-order valence-electron chi connectivity index (χ4n) is 4.25. The van der Waals surface area contributed by atoms with Crippen LogP contribution in [-0.2, 0) is 23.9 Å². The van der Waals surface area contributed by atoms with E-state index in [1.54, 1.807) is 19.1 Å². The molecule has 0 aromatic heterocycles. The summed E-state index contributed by atoms with van der Waals surface area (Å²) in [6.07, 6.45) is 1.08. The molecule has 0 fully saturated rings. The average Bonchev–Trinajstić information content (AvgIpc) is 2.72. The maximum absolute atomic E-state index is 13.9. The fraction of sp³-hybridized carbons (Fsp3) is 0.435. The van der Waals surface area contributed by atoms with Crippen LogP contribution in [0.1, 0.15) is 45.1 Å². The molecule has 0 spiro atoms. The molecule has 3 rings (SSSR count). The van der Waals surface area contributed by atoms with Crippen LogP contribution in [0.4, 0.5) is 4.39 Å². The van der Waals surface area contributed by atoms with Crippen LogP contribution >= 0.6 is 15.9 Å². The summed E-state index contributed by atoms with van der Waals surface area (Å²) in [5, 5.41) is 3.19. The molecule has 8 heteroatoms. The zero-order valence-corrected chi connectivity index (χ0v) is 19.5. The van der Waals surface area contributed by atoms with Crippen molar-refractivity contribution in [1.29, 1.82) is 0 Å². The lowest BCUT2D eigenvalue weighted by molar-refractivity contribution is -0.151. The third-order valence-corrected chi connectivity index (χ3v) is 6.28. The normalized spacial score (nSPS) is 23.3. The molecule has 1 aromatic carbocycles. The van der Waals surface area contributed by atoms with Crippen LogP contribution in [0.15, 0.2) is 45.2 Å². The van der Waals surface area contributed by atoms with Gasteiger partial charge in [-0.2, -0.15) is 0 Å². The van der Waals surface area contributed by atoms with Crippen molar-refractivity contribution in [2.75, 3.05) is 13.7 Å². The van der Waals surface area contributed by atoms with Crippen molar-refractivity contribution in [2.45, 2.75) is 39.5 Å². The predicted molar refractivity (Wildman–Crippen MR) is 115 cm³/mol. The topological polar surface area (TPSA) is 81.7 Å². The maximum atomic E-state index is 13.9. The van der Waals surface area contributed by atoms with E-state index in [-0.39, 0.29) is 22.6 Å². The standard InChI is InChI=1S/C23H25BrFNO5/c1-5-8-31-23(29)18-12(3)26-16-9-11(2)17(22(28)30-4)21(27)20(16)19(18)13-6-7-15(25)14(24)10-13/h6-7,10-11,17,19,26H,5,8-9H2,1-4H3/t11-,17-,19-/m1/s1. The first kappa shape index (κ1) is 23.2. The van der Waals surface area contributed by atoms with Crippen LogP contribution in [0.3, 0.4) is 0 Å². The van der Waals surface area contributed by atoms with Crippen molar-refractivity contribution in [3.63, 3.8) is 0 Å². The molecule has 1 aliphatic carbocycles. The third kappa shape index (κ3) is 4.31. The molecule has 0 unspecified atom stereocenters. The van der Waals surface area contributed by atoms with Gasteiger partial charge in [0.25, 0.3) is 0 Å². The number of Topliss-reactive ketones (excluding diaryl/α,β-unsaturated/α-hetero) is 1. The number of esters is 2. The summed E-state index contributed by atoms with van der Waals surface area (Å²) in [5.41, 5.74) is 2.38. The van der Waals surface area contributed by atoms with Crippen molar-refractivity contribution in [2.24, 2.45) is 11.8 Å². The smallest absolute Gasteiger partial charge is 0.336 e. The number of nitrogens with one attached hydrogen (secondary N) is 1. The monoisotopic (exact) mass is 493 g/mol. The largest absolute Gasteiger partial charge is 0.468 e. The highest BCUT2D eigenvalue weighted by atomic mass is 79.9. The molecule has 1 N–H and O–H groups in total. The molecule has 3 atom stereocenters. The summed E-state index contributed by atoms with van der Waals surface area (Å²) < 4.78 is 24.4. The predicted octanol–water partition coefficient (Wildman–Crippen LogP) is 4.15. The van der Waals surface area contributed by atoms with Crippen molar-refractivity contribution in [3.8, 4) is 0 Å². The molecule has 0 saturated heterocycles.